The van der Waals surface area contributed by atoms with E-state index in [1.54, 1.807) is 0 Å². The van der Waals surface area contributed by atoms with Crippen LogP contribution in [0.25, 0.3) is 105 Å². The van der Waals surface area contributed by atoms with E-state index in [2.05, 4.69) is 162 Å². The highest BCUT2D eigenvalue weighted by Crippen LogP contribution is 2.40. The zero-order chi connectivity index (χ0) is 35.6. The molecule has 0 fully saturated rings. The first-order chi connectivity index (χ1) is 26.8. The summed E-state index contributed by atoms with van der Waals surface area (Å²) in [6, 6.07) is 66.1. The molecule has 0 aliphatic heterocycles. The molecule has 4 heteroatoms. The van der Waals surface area contributed by atoms with Gasteiger partial charge in [-0.2, -0.15) is 0 Å². The predicted molar refractivity (Wildman–Crippen MR) is 223 cm³/mol. The van der Waals surface area contributed by atoms with Gasteiger partial charge in [-0.25, -0.2) is 9.97 Å². The molecular weight excluding hydrogens is 659 g/mol. The van der Waals surface area contributed by atoms with E-state index < -0.39 is 0 Å². The van der Waals surface area contributed by atoms with E-state index in [-0.39, 0.29) is 0 Å². The number of benzene rings is 8. The average Bonchev–Trinajstić information content (AvgIpc) is 3.79. The quantitative estimate of drug-likeness (QED) is 0.181. The molecule has 0 aliphatic rings. The van der Waals surface area contributed by atoms with Crippen LogP contribution < -0.4 is 0 Å². The topological polar surface area (TPSA) is 43.9 Å². The van der Waals surface area contributed by atoms with Crippen LogP contribution in [0.2, 0.25) is 0 Å². The van der Waals surface area contributed by atoms with Gasteiger partial charge in [0.05, 0.1) is 22.2 Å². The molecule has 252 valence electrons. The summed E-state index contributed by atoms with van der Waals surface area (Å²) in [6.07, 6.45) is 0. The van der Waals surface area contributed by atoms with E-state index in [1.165, 1.54) is 21.8 Å². The summed E-state index contributed by atoms with van der Waals surface area (Å²) in [5.74, 6) is 0.721. The number of nitrogens with zero attached hydrogens (tertiary/aromatic N) is 3. The Balaban J connectivity index is 0.949. The maximum Gasteiger partial charge on any atom is 0.160 e. The summed E-state index contributed by atoms with van der Waals surface area (Å²) in [4.78, 5) is 10.0. The van der Waals surface area contributed by atoms with E-state index in [0.717, 1.165) is 83.4 Å². The van der Waals surface area contributed by atoms with Crippen LogP contribution >= 0.6 is 0 Å². The molecular formula is C50H31N3O. The highest BCUT2D eigenvalue weighted by atomic mass is 16.3. The number of hydrogen-bond donors (Lipinski definition) is 0. The van der Waals surface area contributed by atoms with Crippen molar-refractivity contribution in [1.82, 2.24) is 14.5 Å². The van der Waals surface area contributed by atoms with Gasteiger partial charge in [0.25, 0.3) is 0 Å². The van der Waals surface area contributed by atoms with Crippen molar-refractivity contribution in [2.75, 3.05) is 0 Å². The van der Waals surface area contributed by atoms with Crippen LogP contribution in [0.1, 0.15) is 0 Å². The van der Waals surface area contributed by atoms with Gasteiger partial charge in [-0.05, 0) is 59.2 Å². The highest BCUT2D eigenvalue weighted by Gasteiger charge is 2.17. The second kappa shape index (κ2) is 12.1. The maximum absolute atomic E-state index is 6.41. The van der Waals surface area contributed by atoms with Gasteiger partial charge in [-0.1, -0.05) is 146 Å². The molecule has 4 nitrogen and oxygen atoms in total. The van der Waals surface area contributed by atoms with Crippen molar-refractivity contribution in [3.63, 3.8) is 0 Å². The SMILES string of the molecule is c1ccc(-c2nc(-c3ccc(-c4ccc(-n5c6ccccc6c6cc(-c7cccc8c7oc7ccccc78)ccc65)cc4)cc3)nc3ccccc23)cc1. The molecule has 0 bridgehead atoms. The van der Waals surface area contributed by atoms with Gasteiger partial charge in [-0.3, -0.25) is 0 Å². The third-order valence-corrected chi connectivity index (χ3v) is 10.6. The Hall–Kier alpha value is -7.30. The zero-order valence-electron chi connectivity index (χ0n) is 29.1. The van der Waals surface area contributed by atoms with Crippen molar-refractivity contribution in [3.8, 4) is 50.6 Å². The van der Waals surface area contributed by atoms with Crippen molar-refractivity contribution in [2.45, 2.75) is 0 Å². The third kappa shape index (κ3) is 4.85. The monoisotopic (exact) mass is 689 g/mol. The van der Waals surface area contributed by atoms with Gasteiger partial charge in [0.2, 0.25) is 0 Å². The summed E-state index contributed by atoms with van der Waals surface area (Å²) < 4.78 is 8.78. The molecule has 0 atom stereocenters. The Morgan fingerprint density at radius 2 is 1.02 bits per heavy atom. The summed E-state index contributed by atoms with van der Waals surface area (Å²) >= 11 is 0. The minimum atomic E-state index is 0.721. The maximum atomic E-state index is 6.41. The van der Waals surface area contributed by atoms with Gasteiger partial charge in [-0.15, -0.1) is 0 Å². The molecule has 0 saturated carbocycles. The Labute approximate surface area is 311 Å². The van der Waals surface area contributed by atoms with Crippen molar-refractivity contribution >= 4 is 54.6 Å². The third-order valence-electron chi connectivity index (χ3n) is 10.6. The second-order valence-corrected chi connectivity index (χ2v) is 13.8. The normalized spacial score (nSPS) is 11.7. The first-order valence-corrected chi connectivity index (χ1v) is 18.2. The van der Waals surface area contributed by atoms with Gasteiger partial charge >= 0.3 is 0 Å². The Morgan fingerprint density at radius 3 is 1.85 bits per heavy atom. The fraction of sp³-hybridized carbons (Fsp3) is 0. The molecule has 0 aliphatic carbocycles. The standard InChI is InChI=1S/C50H31N3O/c1-2-11-34(12-3-1)48-42-15-4-7-18-44(42)51-50(52-48)35-23-21-32(22-24-35)33-25-28-37(29-26-33)53-45-19-8-5-13-39(45)43-31-36(27-30-46(43)53)38-16-10-17-41-40-14-6-9-20-47(40)54-49(38)41/h1-31H. The van der Waals surface area contributed by atoms with Crippen molar-refractivity contribution in [1.29, 1.82) is 0 Å². The molecule has 0 radical (unpaired) electrons. The van der Waals surface area contributed by atoms with Gasteiger partial charge < -0.3 is 8.98 Å². The van der Waals surface area contributed by atoms with Crippen molar-refractivity contribution in [3.05, 3.63) is 188 Å². The van der Waals surface area contributed by atoms with Gasteiger partial charge in [0.1, 0.15) is 11.2 Å². The smallest absolute Gasteiger partial charge is 0.160 e. The minimum absolute atomic E-state index is 0.721. The van der Waals surface area contributed by atoms with Crippen LogP contribution in [0.4, 0.5) is 0 Å². The number of furan rings is 1. The summed E-state index contributed by atoms with van der Waals surface area (Å²) in [5.41, 5.74) is 13.8. The molecule has 0 unspecified atom stereocenters. The molecule has 0 saturated heterocycles. The Bertz CT molecular complexity index is 3190. The molecule has 11 rings (SSSR count). The Kier molecular flexibility index (Phi) is 6.82. The summed E-state index contributed by atoms with van der Waals surface area (Å²) in [6.45, 7) is 0. The number of para-hydroxylation sites is 4. The number of aromatic nitrogens is 3. The molecule has 0 N–H and O–H groups in total. The van der Waals surface area contributed by atoms with Crippen LogP contribution in [0.3, 0.4) is 0 Å². The zero-order valence-corrected chi connectivity index (χ0v) is 29.1. The van der Waals surface area contributed by atoms with Crippen molar-refractivity contribution < 1.29 is 4.42 Å². The average molecular weight is 690 g/mol. The molecule has 3 aromatic heterocycles. The first kappa shape index (κ1) is 30.3. The van der Waals surface area contributed by atoms with Crippen LogP contribution in [0, 0.1) is 0 Å². The second-order valence-electron chi connectivity index (χ2n) is 13.8. The molecule has 0 amide bonds. The van der Waals surface area contributed by atoms with E-state index in [4.69, 9.17) is 14.4 Å². The summed E-state index contributed by atoms with van der Waals surface area (Å²) in [7, 11) is 0. The number of hydrogen-bond acceptors (Lipinski definition) is 3. The first-order valence-electron chi connectivity index (χ1n) is 18.2. The minimum Gasteiger partial charge on any atom is -0.455 e. The van der Waals surface area contributed by atoms with E-state index in [1.807, 2.05) is 30.3 Å². The lowest BCUT2D eigenvalue weighted by molar-refractivity contribution is 0.670. The van der Waals surface area contributed by atoms with Crippen LogP contribution in [0.5, 0.6) is 0 Å². The van der Waals surface area contributed by atoms with E-state index in [0.29, 0.717) is 0 Å². The predicted octanol–water partition coefficient (Wildman–Crippen LogP) is 13.3. The Morgan fingerprint density at radius 1 is 0.389 bits per heavy atom. The lowest BCUT2D eigenvalue weighted by Crippen LogP contribution is -1.95. The molecule has 11 aromatic rings. The van der Waals surface area contributed by atoms with E-state index >= 15 is 0 Å². The van der Waals surface area contributed by atoms with Crippen LogP contribution in [0.15, 0.2) is 192 Å². The summed E-state index contributed by atoms with van der Waals surface area (Å²) in [5, 5.41) is 5.76. The van der Waals surface area contributed by atoms with Crippen LogP contribution in [-0.4, -0.2) is 14.5 Å². The van der Waals surface area contributed by atoms with Crippen molar-refractivity contribution in [2.24, 2.45) is 0 Å². The fourth-order valence-corrected chi connectivity index (χ4v) is 8.03. The van der Waals surface area contributed by atoms with E-state index in [9.17, 15) is 0 Å². The lowest BCUT2D eigenvalue weighted by Gasteiger charge is -2.11. The largest absolute Gasteiger partial charge is 0.455 e. The number of fused-ring (bicyclic) bond motifs is 7. The molecule has 0 spiro atoms. The fourth-order valence-electron chi connectivity index (χ4n) is 8.03. The number of rotatable bonds is 5. The van der Waals surface area contributed by atoms with Crippen LogP contribution in [-0.2, 0) is 0 Å². The molecule has 8 aromatic carbocycles. The van der Waals surface area contributed by atoms with Gasteiger partial charge in [0, 0.05) is 49.3 Å². The lowest BCUT2D eigenvalue weighted by atomic mass is 10.0. The molecule has 54 heavy (non-hydrogen) atoms. The highest BCUT2D eigenvalue weighted by molar-refractivity contribution is 6.13. The molecule has 3 heterocycles. The van der Waals surface area contributed by atoms with Gasteiger partial charge in [0.15, 0.2) is 5.82 Å².